The number of nitrogens with two attached hydrogens (primary N) is 1. The second kappa shape index (κ2) is 8.20. The van der Waals surface area contributed by atoms with Gasteiger partial charge >= 0.3 is 0 Å². The zero-order valence-electron chi connectivity index (χ0n) is 11.9. The number of rotatable bonds is 4. The highest BCUT2D eigenvalue weighted by Gasteiger charge is 2.21. The van der Waals surface area contributed by atoms with E-state index in [-0.39, 0.29) is 23.9 Å². The zero-order chi connectivity index (χ0) is 13.8. The van der Waals surface area contributed by atoms with E-state index < -0.39 is 0 Å². The summed E-state index contributed by atoms with van der Waals surface area (Å²) in [5.74, 6) is -0.330. The molecule has 2 rings (SSSR count). The molecule has 0 bridgehead atoms. The van der Waals surface area contributed by atoms with Gasteiger partial charge in [0, 0.05) is 17.1 Å². The average molecular weight is 366 g/mol. The number of hydrogen-bond acceptors (Lipinski definition) is 2. The molecule has 0 saturated heterocycles. The maximum atomic E-state index is 13.7. The number of halogens is 3. The summed E-state index contributed by atoms with van der Waals surface area (Å²) in [6.45, 7) is 3.89. The molecule has 114 valence electrons. The van der Waals surface area contributed by atoms with Gasteiger partial charge in [-0.3, -0.25) is 4.90 Å². The van der Waals surface area contributed by atoms with Gasteiger partial charge in [0.1, 0.15) is 5.82 Å². The highest BCUT2D eigenvalue weighted by Crippen LogP contribution is 2.27. The molecule has 2 N–H and O–H groups in total. The van der Waals surface area contributed by atoms with Crippen LogP contribution in [0.1, 0.15) is 44.6 Å². The van der Waals surface area contributed by atoms with Crippen molar-refractivity contribution in [3.8, 4) is 0 Å². The Hall–Kier alpha value is -0.320. The Kier molecular flexibility index (Phi) is 7.27. The third kappa shape index (κ3) is 4.34. The normalized spacial score (nSPS) is 16.2. The van der Waals surface area contributed by atoms with E-state index >= 15 is 0 Å². The summed E-state index contributed by atoms with van der Waals surface area (Å²) in [7, 11) is 0. The van der Waals surface area contributed by atoms with Crippen LogP contribution in [0.3, 0.4) is 0 Å². The second-order valence-corrected chi connectivity index (χ2v) is 6.23. The van der Waals surface area contributed by atoms with Crippen molar-refractivity contribution in [2.24, 2.45) is 0 Å². The molecule has 1 aromatic carbocycles. The lowest BCUT2D eigenvalue weighted by molar-refractivity contribution is 0.156. The molecular weight excluding hydrogens is 343 g/mol. The van der Waals surface area contributed by atoms with E-state index in [1.807, 2.05) is 6.07 Å². The third-order valence-corrected chi connectivity index (χ3v) is 4.51. The molecule has 0 aromatic heterocycles. The van der Waals surface area contributed by atoms with E-state index in [1.54, 1.807) is 0 Å². The van der Waals surface area contributed by atoms with Crippen LogP contribution in [0.5, 0.6) is 0 Å². The van der Waals surface area contributed by atoms with Crippen molar-refractivity contribution >= 4 is 34.0 Å². The predicted octanol–water partition coefficient (Wildman–Crippen LogP) is 4.75. The Morgan fingerprint density at radius 2 is 1.95 bits per heavy atom. The maximum Gasteiger partial charge on any atom is 0.147 e. The SMILES string of the molecule is CCN(Cc1cc(Br)cc(F)c1N)C1CCCCC1.Cl. The summed E-state index contributed by atoms with van der Waals surface area (Å²) in [5, 5.41) is 0. The molecule has 0 amide bonds. The molecule has 0 heterocycles. The van der Waals surface area contributed by atoms with Gasteiger partial charge in [0.2, 0.25) is 0 Å². The molecule has 1 aromatic rings. The minimum absolute atomic E-state index is 0. The zero-order valence-corrected chi connectivity index (χ0v) is 14.3. The summed E-state index contributed by atoms with van der Waals surface area (Å²) in [6.07, 6.45) is 6.48. The molecule has 2 nitrogen and oxygen atoms in total. The molecule has 20 heavy (non-hydrogen) atoms. The van der Waals surface area contributed by atoms with Gasteiger partial charge < -0.3 is 5.73 Å². The van der Waals surface area contributed by atoms with Crippen LogP contribution in [0, 0.1) is 5.82 Å². The van der Waals surface area contributed by atoms with Crippen molar-refractivity contribution in [3.05, 3.63) is 28.0 Å². The Labute approximate surface area is 135 Å². The van der Waals surface area contributed by atoms with E-state index in [0.29, 0.717) is 6.04 Å². The lowest BCUT2D eigenvalue weighted by Crippen LogP contribution is -2.36. The maximum absolute atomic E-state index is 13.7. The standard InChI is InChI=1S/C15H22BrFN2.ClH/c1-2-19(13-6-4-3-5-7-13)10-11-8-12(16)9-14(17)15(11)18;/h8-9,13H,2-7,10,18H2,1H3;1H. The summed E-state index contributed by atoms with van der Waals surface area (Å²) in [5.41, 5.74) is 7.04. The highest BCUT2D eigenvalue weighted by atomic mass is 79.9. The number of benzene rings is 1. The minimum atomic E-state index is -0.330. The van der Waals surface area contributed by atoms with E-state index in [0.717, 1.165) is 23.1 Å². The van der Waals surface area contributed by atoms with Gasteiger partial charge in [0.25, 0.3) is 0 Å². The number of nitrogen functional groups attached to an aromatic ring is 1. The lowest BCUT2D eigenvalue weighted by atomic mass is 9.94. The third-order valence-electron chi connectivity index (χ3n) is 4.05. The van der Waals surface area contributed by atoms with Gasteiger partial charge in [-0.25, -0.2) is 4.39 Å². The molecule has 5 heteroatoms. The van der Waals surface area contributed by atoms with Crippen LogP contribution < -0.4 is 5.73 Å². The van der Waals surface area contributed by atoms with Gasteiger partial charge in [0.05, 0.1) is 5.69 Å². The molecule has 0 unspecified atom stereocenters. The highest BCUT2D eigenvalue weighted by molar-refractivity contribution is 9.10. The number of hydrogen-bond donors (Lipinski definition) is 1. The molecule has 0 radical (unpaired) electrons. The molecule has 1 aliphatic carbocycles. The predicted molar refractivity (Wildman–Crippen MR) is 88.7 cm³/mol. The van der Waals surface area contributed by atoms with Crippen LogP contribution in [0.2, 0.25) is 0 Å². The van der Waals surface area contributed by atoms with Gasteiger partial charge in [-0.2, -0.15) is 0 Å². The first-order valence-corrected chi connectivity index (χ1v) is 7.88. The Bertz CT molecular complexity index is 436. The van der Waals surface area contributed by atoms with Gasteiger partial charge in [-0.05, 0) is 37.1 Å². The fourth-order valence-corrected chi connectivity index (χ4v) is 3.41. The molecule has 1 fully saturated rings. The number of nitrogens with zero attached hydrogens (tertiary/aromatic N) is 1. The van der Waals surface area contributed by atoms with E-state index in [1.165, 1.54) is 38.2 Å². The average Bonchev–Trinajstić information content (AvgIpc) is 2.42. The van der Waals surface area contributed by atoms with Crippen LogP contribution in [0.15, 0.2) is 16.6 Å². The van der Waals surface area contributed by atoms with Crippen LogP contribution in [0.25, 0.3) is 0 Å². The minimum Gasteiger partial charge on any atom is -0.396 e. The quantitative estimate of drug-likeness (QED) is 0.780. The van der Waals surface area contributed by atoms with Crippen molar-refractivity contribution in [1.82, 2.24) is 4.90 Å². The van der Waals surface area contributed by atoms with Crippen molar-refractivity contribution in [3.63, 3.8) is 0 Å². The van der Waals surface area contributed by atoms with Gasteiger partial charge in [-0.1, -0.05) is 42.1 Å². The van der Waals surface area contributed by atoms with Gasteiger partial charge in [-0.15, -0.1) is 12.4 Å². The fourth-order valence-electron chi connectivity index (χ4n) is 2.93. The van der Waals surface area contributed by atoms with E-state index in [4.69, 9.17) is 5.73 Å². The Morgan fingerprint density at radius 3 is 2.55 bits per heavy atom. The topological polar surface area (TPSA) is 29.3 Å². The summed E-state index contributed by atoms with van der Waals surface area (Å²) in [6, 6.07) is 3.99. The first-order chi connectivity index (χ1) is 9.11. The lowest BCUT2D eigenvalue weighted by Gasteiger charge is -2.33. The smallest absolute Gasteiger partial charge is 0.147 e. The fraction of sp³-hybridized carbons (Fsp3) is 0.600. The molecular formula is C15H23BrClFN2. The summed E-state index contributed by atoms with van der Waals surface area (Å²) >= 11 is 3.34. The molecule has 1 aliphatic rings. The first-order valence-electron chi connectivity index (χ1n) is 7.09. The van der Waals surface area contributed by atoms with Crippen molar-refractivity contribution in [2.75, 3.05) is 12.3 Å². The largest absolute Gasteiger partial charge is 0.396 e. The van der Waals surface area contributed by atoms with Crippen molar-refractivity contribution < 1.29 is 4.39 Å². The van der Waals surface area contributed by atoms with E-state index in [9.17, 15) is 4.39 Å². The van der Waals surface area contributed by atoms with Crippen molar-refractivity contribution in [1.29, 1.82) is 0 Å². The Morgan fingerprint density at radius 1 is 1.30 bits per heavy atom. The van der Waals surface area contributed by atoms with Crippen LogP contribution in [-0.4, -0.2) is 17.5 Å². The molecule has 0 atom stereocenters. The monoisotopic (exact) mass is 364 g/mol. The number of anilines is 1. The van der Waals surface area contributed by atoms with Crippen LogP contribution in [0.4, 0.5) is 10.1 Å². The van der Waals surface area contributed by atoms with Crippen LogP contribution in [-0.2, 0) is 6.54 Å². The first kappa shape index (κ1) is 17.7. The van der Waals surface area contributed by atoms with Gasteiger partial charge in [0.15, 0.2) is 0 Å². The van der Waals surface area contributed by atoms with Crippen LogP contribution >= 0.6 is 28.3 Å². The Balaban J connectivity index is 0.00000200. The second-order valence-electron chi connectivity index (χ2n) is 5.32. The van der Waals surface area contributed by atoms with E-state index in [2.05, 4.69) is 27.8 Å². The summed E-state index contributed by atoms with van der Waals surface area (Å²) < 4.78 is 14.4. The molecule has 0 aliphatic heterocycles. The molecule has 0 spiro atoms. The van der Waals surface area contributed by atoms with Crippen molar-refractivity contribution in [2.45, 2.75) is 51.6 Å². The summed E-state index contributed by atoms with van der Waals surface area (Å²) in [4.78, 5) is 2.43. The molecule has 1 saturated carbocycles.